The minimum Gasteiger partial charge on any atom is -0.312 e. The van der Waals surface area contributed by atoms with Gasteiger partial charge in [-0.15, -0.1) is 0 Å². The van der Waals surface area contributed by atoms with Gasteiger partial charge in [0.25, 0.3) is 0 Å². The average Bonchev–Trinajstić information content (AvgIpc) is 2.40. The van der Waals surface area contributed by atoms with Crippen molar-refractivity contribution < 1.29 is 0 Å². The van der Waals surface area contributed by atoms with E-state index in [9.17, 15) is 0 Å². The highest BCUT2D eigenvalue weighted by atomic mass is 15.2. The maximum atomic E-state index is 3.72. The van der Waals surface area contributed by atoms with Crippen LogP contribution < -0.4 is 5.32 Å². The number of hydrogen-bond acceptors (Lipinski definition) is 2. The molecule has 0 radical (unpaired) electrons. The monoisotopic (exact) mass is 240 g/mol. The molecule has 0 aromatic rings. The smallest absolute Gasteiger partial charge is 0.0243 e. The molecule has 1 fully saturated rings. The molecule has 0 bridgehead atoms. The standard InChI is InChI=1S/C15H32N2/c1-12(2)10-13(3)17-9-7-8-16-14(11-17)15(4,5)6/h12-14,16H,7-11H2,1-6H3. The van der Waals surface area contributed by atoms with Crippen LogP contribution in [0.1, 0.15) is 54.4 Å². The fourth-order valence-corrected chi connectivity index (χ4v) is 2.76. The molecule has 0 amide bonds. The van der Waals surface area contributed by atoms with Gasteiger partial charge in [0.1, 0.15) is 0 Å². The van der Waals surface area contributed by atoms with Crippen molar-refractivity contribution in [3.63, 3.8) is 0 Å². The summed E-state index contributed by atoms with van der Waals surface area (Å²) in [5.74, 6) is 0.800. The van der Waals surface area contributed by atoms with E-state index >= 15 is 0 Å². The molecule has 0 aliphatic carbocycles. The van der Waals surface area contributed by atoms with Gasteiger partial charge < -0.3 is 5.32 Å². The Balaban J connectivity index is 2.60. The van der Waals surface area contributed by atoms with Gasteiger partial charge in [-0.05, 0) is 44.2 Å². The Morgan fingerprint density at radius 2 is 1.88 bits per heavy atom. The second-order valence-electron chi connectivity index (χ2n) is 7.20. The zero-order valence-electron chi connectivity index (χ0n) is 12.7. The first-order chi connectivity index (χ1) is 7.80. The summed E-state index contributed by atoms with van der Waals surface area (Å²) in [6.07, 6.45) is 2.60. The van der Waals surface area contributed by atoms with E-state index in [0.29, 0.717) is 11.5 Å². The highest BCUT2D eigenvalue weighted by Crippen LogP contribution is 2.23. The van der Waals surface area contributed by atoms with Crippen molar-refractivity contribution >= 4 is 0 Å². The molecule has 0 aromatic carbocycles. The maximum absolute atomic E-state index is 3.72. The summed E-state index contributed by atoms with van der Waals surface area (Å²) >= 11 is 0. The van der Waals surface area contributed by atoms with Crippen LogP contribution in [-0.2, 0) is 0 Å². The van der Waals surface area contributed by atoms with Gasteiger partial charge in [-0.2, -0.15) is 0 Å². The van der Waals surface area contributed by atoms with Crippen molar-refractivity contribution in [2.24, 2.45) is 11.3 Å². The van der Waals surface area contributed by atoms with Crippen LogP contribution in [0.4, 0.5) is 0 Å². The van der Waals surface area contributed by atoms with Crippen LogP contribution >= 0.6 is 0 Å². The average molecular weight is 240 g/mol. The Morgan fingerprint density at radius 3 is 2.41 bits per heavy atom. The van der Waals surface area contributed by atoms with Crippen molar-refractivity contribution in [3.8, 4) is 0 Å². The van der Waals surface area contributed by atoms with Crippen LogP contribution in [0, 0.1) is 11.3 Å². The van der Waals surface area contributed by atoms with Gasteiger partial charge in [-0.25, -0.2) is 0 Å². The first-order valence-electron chi connectivity index (χ1n) is 7.28. The van der Waals surface area contributed by atoms with Gasteiger partial charge >= 0.3 is 0 Å². The molecule has 1 rings (SSSR count). The fraction of sp³-hybridized carbons (Fsp3) is 1.00. The van der Waals surface area contributed by atoms with E-state index in [0.717, 1.165) is 12.0 Å². The van der Waals surface area contributed by atoms with Crippen LogP contribution in [0.3, 0.4) is 0 Å². The maximum Gasteiger partial charge on any atom is 0.0243 e. The lowest BCUT2D eigenvalue weighted by Crippen LogP contribution is -2.48. The van der Waals surface area contributed by atoms with E-state index in [1.165, 1.54) is 32.5 Å². The van der Waals surface area contributed by atoms with Crippen LogP contribution in [0.15, 0.2) is 0 Å². The minimum absolute atomic E-state index is 0.361. The summed E-state index contributed by atoms with van der Waals surface area (Å²) in [4.78, 5) is 2.69. The molecule has 1 aliphatic rings. The molecular weight excluding hydrogens is 208 g/mol. The lowest BCUT2D eigenvalue weighted by molar-refractivity contribution is 0.148. The van der Waals surface area contributed by atoms with Crippen molar-refractivity contribution in [1.82, 2.24) is 10.2 Å². The Hall–Kier alpha value is -0.0800. The van der Waals surface area contributed by atoms with Crippen molar-refractivity contribution in [3.05, 3.63) is 0 Å². The Morgan fingerprint density at radius 1 is 1.24 bits per heavy atom. The second-order valence-corrected chi connectivity index (χ2v) is 7.20. The minimum atomic E-state index is 0.361. The first-order valence-corrected chi connectivity index (χ1v) is 7.28. The Kier molecular flexibility index (Phi) is 5.46. The fourth-order valence-electron chi connectivity index (χ4n) is 2.76. The van der Waals surface area contributed by atoms with E-state index < -0.39 is 0 Å². The first kappa shape index (κ1) is 15.0. The number of nitrogens with one attached hydrogen (secondary N) is 1. The highest BCUT2D eigenvalue weighted by Gasteiger charge is 2.29. The third-order valence-corrected chi connectivity index (χ3v) is 3.91. The number of hydrogen-bond donors (Lipinski definition) is 1. The van der Waals surface area contributed by atoms with Gasteiger partial charge in [-0.1, -0.05) is 34.6 Å². The van der Waals surface area contributed by atoms with E-state index in [4.69, 9.17) is 0 Å². The molecule has 102 valence electrons. The molecule has 0 saturated carbocycles. The predicted molar refractivity (Wildman–Crippen MR) is 76.4 cm³/mol. The summed E-state index contributed by atoms with van der Waals surface area (Å²) < 4.78 is 0. The summed E-state index contributed by atoms with van der Waals surface area (Å²) in [6.45, 7) is 17.7. The molecule has 0 spiro atoms. The van der Waals surface area contributed by atoms with Crippen LogP contribution in [-0.4, -0.2) is 36.6 Å². The molecule has 1 heterocycles. The van der Waals surface area contributed by atoms with Gasteiger partial charge in [0.15, 0.2) is 0 Å². The third kappa shape index (κ3) is 4.97. The number of nitrogens with zero attached hydrogens (tertiary/aromatic N) is 1. The van der Waals surface area contributed by atoms with Crippen LogP contribution in [0.2, 0.25) is 0 Å². The molecule has 1 saturated heterocycles. The summed E-state index contributed by atoms with van der Waals surface area (Å²) in [5, 5.41) is 3.72. The Bertz CT molecular complexity index is 217. The van der Waals surface area contributed by atoms with Crippen LogP contribution in [0.5, 0.6) is 0 Å². The van der Waals surface area contributed by atoms with Crippen LogP contribution in [0.25, 0.3) is 0 Å². The van der Waals surface area contributed by atoms with Crippen molar-refractivity contribution in [1.29, 1.82) is 0 Å². The van der Waals surface area contributed by atoms with Crippen molar-refractivity contribution in [2.75, 3.05) is 19.6 Å². The molecule has 17 heavy (non-hydrogen) atoms. The predicted octanol–water partition coefficient (Wildman–Crippen LogP) is 3.13. The largest absolute Gasteiger partial charge is 0.312 e. The lowest BCUT2D eigenvalue weighted by Gasteiger charge is -2.36. The molecule has 1 N–H and O–H groups in total. The number of rotatable bonds is 3. The van der Waals surface area contributed by atoms with E-state index in [-0.39, 0.29) is 0 Å². The van der Waals surface area contributed by atoms with Crippen molar-refractivity contribution in [2.45, 2.75) is 66.5 Å². The quantitative estimate of drug-likeness (QED) is 0.815. The zero-order chi connectivity index (χ0) is 13.1. The molecule has 2 nitrogen and oxygen atoms in total. The second kappa shape index (κ2) is 6.19. The molecular formula is C15H32N2. The zero-order valence-corrected chi connectivity index (χ0v) is 12.7. The molecule has 2 atom stereocenters. The molecule has 1 aliphatic heterocycles. The molecule has 2 unspecified atom stereocenters. The highest BCUT2D eigenvalue weighted by molar-refractivity contribution is 4.87. The SMILES string of the molecule is CC(C)CC(C)N1CCCNC(C(C)(C)C)C1. The normalized spacial score (nSPS) is 25.9. The van der Waals surface area contributed by atoms with Gasteiger partial charge in [0.2, 0.25) is 0 Å². The molecule has 2 heteroatoms. The summed E-state index contributed by atoms with van der Waals surface area (Å²) in [5.41, 5.74) is 0.361. The Labute approximate surface area is 108 Å². The van der Waals surface area contributed by atoms with E-state index in [1.807, 2.05) is 0 Å². The lowest BCUT2D eigenvalue weighted by atomic mass is 9.86. The van der Waals surface area contributed by atoms with Gasteiger partial charge in [-0.3, -0.25) is 4.90 Å². The van der Waals surface area contributed by atoms with Gasteiger partial charge in [0, 0.05) is 18.6 Å². The summed E-state index contributed by atoms with van der Waals surface area (Å²) in [7, 11) is 0. The molecule has 0 aromatic heterocycles. The van der Waals surface area contributed by atoms with Gasteiger partial charge in [0.05, 0.1) is 0 Å². The van der Waals surface area contributed by atoms with E-state index in [2.05, 4.69) is 51.8 Å². The van der Waals surface area contributed by atoms with E-state index in [1.54, 1.807) is 0 Å². The summed E-state index contributed by atoms with van der Waals surface area (Å²) in [6, 6.07) is 1.35. The topological polar surface area (TPSA) is 15.3 Å². The third-order valence-electron chi connectivity index (χ3n) is 3.91.